The number of carbonyl (C=O) groups is 1. The van der Waals surface area contributed by atoms with Gasteiger partial charge in [-0.3, -0.25) is 9.59 Å². The van der Waals surface area contributed by atoms with Gasteiger partial charge in [-0.15, -0.1) is 10.2 Å². The van der Waals surface area contributed by atoms with Gasteiger partial charge in [0.2, 0.25) is 0 Å². The van der Waals surface area contributed by atoms with Gasteiger partial charge >= 0.3 is 0 Å². The second kappa shape index (κ2) is 11.1. The van der Waals surface area contributed by atoms with Crippen molar-refractivity contribution >= 4 is 17.4 Å². The Morgan fingerprint density at radius 1 is 0.892 bits per heavy atom. The number of anilines is 2. The second-order valence-corrected chi connectivity index (χ2v) is 9.05. The summed E-state index contributed by atoms with van der Waals surface area (Å²) < 4.78 is 14.6. The number of hydrogen-bond acceptors (Lipinski definition) is 6. The smallest absolute Gasteiger partial charge is 0.276 e. The maximum atomic E-state index is 13.5. The van der Waals surface area contributed by atoms with Crippen molar-refractivity contribution < 1.29 is 9.18 Å². The van der Waals surface area contributed by atoms with Gasteiger partial charge in [0.05, 0.1) is 12.2 Å². The molecule has 3 heterocycles. The Bertz CT molecular complexity index is 1430. The summed E-state index contributed by atoms with van der Waals surface area (Å²) in [5, 5.41) is 15.8. The van der Waals surface area contributed by atoms with Gasteiger partial charge in [0.25, 0.3) is 11.5 Å². The number of amides is 1. The average Bonchev–Trinajstić information content (AvgIpc) is 3.20. The molecule has 0 saturated carbocycles. The summed E-state index contributed by atoms with van der Waals surface area (Å²) in [6.07, 6.45) is 4.89. The van der Waals surface area contributed by atoms with Crippen LogP contribution in [0, 0.1) is 5.82 Å². The number of rotatable bonds is 6. The fourth-order valence-electron chi connectivity index (χ4n) is 4.36. The first-order valence-corrected chi connectivity index (χ1v) is 12.4. The monoisotopic (exact) mass is 498 g/mol. The molecule has 1 fully saturated rings. The summed E-state index contributed by atoms with van der Waals surface area (Å²) in [4.78, 5) is 27.3. The fourth-order valence-corrected chi connectivity index (χ4v) is 4.36. The molecule has 0 radical (unpaired) electrons. The topological polar surface area (TPSA) is 93.0 Å². The van der Waals surface area contributed by atoms with Crippen molar-refractivity contribution in [3.05, 3.63) is 100 Å². The summed E-state index contributed by atoms with van der Waals surface area (Å²) in [6, 6.07) is 19.8. The third-order valence-corrected chi connectivity index (χ3v) is 6.34. The van der Waals surface area contributed by atoms with Crippen molar-refractivity contribution in [3.63, 3.8) is 0 Å². The summed E-state index contributed by atoms with van der Waals surface area (Å²) in [7, 11) is 0. The highest BCUT2D eigenvalue weighted by Crippen LogP contribution is 2.22. The Balaban J connectivity index is 1.25. The lowest BCUT2D eigenvalue weighted by molar-refractivity contribution is 0.102. The zero-order chi connectivity index (χ0) is 25.6. The standard InChI is InChI=1S/C28H27FN6O2/c29-22-7-5-6-20(18-22)19-35-27(36)15-13-25(33-35)28(37)30-23-10-8-21(9-11-23)24-12-14-26(32-31-24)34-16-3-1-2-4-17-34/h5-15,18H,1-4,16-17,19H2,(H,30,37). The Kier molecular flexibility index (Phi) is 7.30. The average molecular weight is 499 g/mol. The number of hydrogen-bond donors (Lipinski definition) is 1. The van der Waals surface area contributed by atoms with Crippen molar-refractivity contribution in [3.8, 4) is 11.3 Å². The summed E-state index contributed by atoms with van der Waals surface area (Å²) in [6.45, 7) is 2.09. The van der Waals surface area contributed by atoms with Crippen LogP contribution in [0.15, 0.2) is 77.6 Å². The van der Waals surface area contributed by atoms with Crippen LogP contribution in [0.3, 0.4) is 0 Å². The predicted octanol–water partition coefficient (Wildman–Crippen LogP) is 4.52. The molecule has 2 aromatic carbocycles. The van der Waals surface area contributed by atoms with Crippen LogP contribution in [0.5, 0.6) is 0 Å². The highest BCUT2D eigenvalue weighted by atomic mass is 19.1. The molecule has 1 amide bonds. The van der Waals surface area contributed by atoms with E-state index in [1.807, 2.05) is 24.3 Å². The number of aromatic nitrogens is 4. The van der Waals surface area contributed by atoms with E-state index in [-0.39, 0.29) is 17.8 Å². The van der Waals surface area contributed by atoms with Crippen molar-refractivity contribution in [2.24, 2.45) is 0 Å². The van der Waals surface area contributed by atoms with E-state index < -0.39 is 11.7 Å². The van der Waals surface area contributed by atoms with Crippen molar-refractivity contribution in [2.45, 2.75) is 32.2 Å². The molecule has 0 spiro atoms. The van der Waals surface area contributed by atoms with Crippen LogP contribution in [-0.2, 0) is 6.54 Å². The first kappa shape index (κ1) is 24.3. The van der Waals surface area contributed by atoms with Crippen molar-refractivity contribution in [1.29, 1.82) is 0 Å². The minimum absolute atomic E-state index is 0.0595. The maximum absolute atomic E-state index is 13.5. The molecule has 1 saturated heterocycles. The van der Waals surface area contributed by atoms with E-state index in [4.69, 9.17) is 0 Å². The third-order valence-electron chi connectivity index (χ3n) is 6.34. The molecule has 188 valence electrons. The van der Waals surface area contributed by atoms with E-state index in [9.17, 15) is 14.0 Å². The van der Waals surface area contributed by atoms with Gasteiger partial charge in [0, 0.05) is 30.4 Å². The van der Waals surface area contributed by atoms with E-state index >= 15 is 0 Å². The molecule has 4 aromatic rings. The van der Waals surface area contributed by atoms with E-state index in [1.165, 1.54) is 49.9 Å². The largest absolute Gasteiger partial charge is 0.355 e. The lowest BCUT2D eigenvalue weighted by Crippen LogP contribution is -2.26. The van der Waals surface area contributed by atoms with Crippen molar-refractivity contribution in [2.75, 3.05) is 23.3 Å². The molecule has 1 aliphatic rings. The molecule has 0 atom stereocenters. The number of carbonyl (C=O) groups excluding carboxylic acids is 1. The fraction of sp³-hybridized carbons (Fsp3) is 0.250. The second-order valence-electron chi connectivity index (χ2n) is 9.05. The summed E-state index contributed by atoms with van der Waals surface area (Å²) in [5.41, 5.74) is 2.48. The van der Waals surface area contributed by atoms with Crippen LogP contribution in [-0.4, -0.2) is 39.0 Å². The molecular formula is C28H27FN6O2. The SMILES string of the molecule is O=C(Nc1ccc(-c2ccc(N3CCCCCC3)nn2)cc1)c1ccc(=O)n(Cc2cccc(F)c2)n1. The first-order valence-electron chi connectivity index (χ1n) is 12.4. The van der Waals surface area contributed by atoms with E-state index in [1.54, 1.807) is 24.3 Å². The normalized spacial score (nSPS) is 13.7. The molecule has 9 heteroatoms. The summed E-state index contributed by atoms with van der Waals surface area (Å²) in [5.74, 6) is 0.0466. The van der Waals surface area contributed by atoms with E-state index in [0.29, 0.717) is 11.3 Å². The molecule has 0 aliphatic carbocycles. The van der Waals surface area contributed by atoms with Crippen LogP contribution in [0.4, 0.5) is 15.9 Å². The van der Waals surface area contributed by atoms with Gasteiger partial charge in [-0.2, -0.15) is 5.10 Å². The number of nitrogens with zero attached hydrogens (tertiary/aromatic N) is 5. The summed E-state index contributed by atoms with van der Waals surface area (Å²) >= 11 is 0. The Hall–Kier alpha value is -4.40. The van der Waals surface area contributed by atoms with Crippen LogP contribution in [0.1, 0.15) is 41.7 Å². The van der Waals surface area contributed by atoms with Gasteiger partial charge in [-0.1, -0.05) is 37.1 Å². The minimum Gasteiger partial charge on any atom is -0.355 e. The zero-order valence-electron chi connectivity index (χ0n) is 20.3. The molecule has 8 nitrogen and oxygen atoms in total. The van der Waals surface area contributed by atoms with Crippen LogP contribution >= 0.6 is 0 Å². The quantitative estimate of drug-likeness (QED) is 0.420. The molecule has 1 N–H and O–H groups in total. The number of nitrogens with one attached hydrogen (secondary N) is 1. The van der Waals surface area contributed by atoms with Gasteiger partial charge in [0.1, 0.15) is 11.5 Å². The molecule has 37 heavy (non-hydrogen) atoms. The molecule has 0 unspecified atom stereocenters. The zero-order valence-corrected chi connectivity index (χ0v) is 20.3. The third kappa shape index (κ3) is 6.06. The lowest BCUT2D eigenvalue weighted by Gasteiger charge is -2.20. The van der Waals surface area contributed by atoms with Crippen LogP contribution in [0.2, 0.25) is 0 Å². The molecular weight excluding hydrogens is 471 g/mol. The first-order chi connectivity index (χ1) is 18.0. The van der Waals surface area contributed by atoms with Crippen LogP contribution < -0.4 is 15.8 Å². The van der Waals surface area contributed by atoms with Gasteiger partial charge in [-0.05, 0) is 60.9 Å². The number of benzene rings is 2. The Morgan fingerprint density at radius 3 is 2.38 bits per heavy atom. The van der Waals surface area contributed by atoms with Crippen molar-refractivity contribution in [1.82, 2.24) is 20.0 Å². The van der Waals surface area contributed by atoms with E-state index in [0.717, 1.165) is 34.8 Å². The van der Waals surface area contributed by atoms with Crippen LogP contribution in [0.25, 0.3) is 11.3 Å². The predicted molar refractivity (Wildman–Crippen MR) is 140 cm³/mol. The van der Waals surface area contributed by atoms with E-state index in [2.05, 4.69) is 25.5 Å². The molecule has 1 aliphatic heterocycles. The minimum atomic E-state index is -0.456. The number of halogens is 1. The maximum Gasteiger partial charge on any atom is 0.276 e. The van der Waals surface area contributed by atoms with Gasteiger partial charge in [0.15, 0.2) is 5.82 Å². The van der Waals surface area contributed by atoms with Gasteiger partial charge < -0.3 is 10.2 Å². The lowest BCUT2D eigenvalue weighted by atomic mass is 10.1. The Morgan fingerprint density at radius 2 is 1.68 bits per heavy atom. The molecule has 2 aromatic heterocycles. The molecule has 0 bridgehead atoms. The highest BCUT2D eigenvalue weighted by molar-refractivity contribution is 6.02. The Labute approximate surface area is 213 Å². The van der Waals surface area contributed by atoms with Gasteiger partial charge in [-0.25, -0.2) is 9.07 Å². The highest BCUT2D eigenvalue weighted by Gasteiger charge is 2.13. The molecule has 5 rings (SSSR count).